The largest absolute Gasteiger partial charge is 1.00 e. The molecule has 0 spiro atoms. The van der Waals surface area contributed by atoms with E-state index < -0.39 is 7.32 Å². The van der Waals surface area contributed by atoms with Crippen molar-refractivity contribution >= 4 is 7.32 Å². The van der Waals surface area contributed by atoms with E-state index in [1.165, 1.54) is 0 Å². The van der Waals surface area contributed by atoms with Crippen molar-refractivity contribution in [1.82, 2.24) is 0 Å². The average molecular weight is 132 g/mol. The van der Waals surface area contributed by atoms with Crippen LogP contribution < -0.4 is 69.2 Å². The normalized spacial score (nSPS) is 5.25. The third kappa shape index (κ3) is 15.6. The molecule has 0 aliphatic rings. The van der Waals surface area contributed by atoms with Crippen LogP contribution in [0, 0.1) is 0 Å². The molecule has 0 amide bonds. The summed E-state index contributed by atoms with van der Waals surface area (Å²) in [5.74, 6) is 0. The van der Waals surface area contributed by atoms with E-state index >= 15 is 0 Å². The van der Waals surface area contributed by atoms with Gasteiger partial charge >= 0.3 is 59.1 Å². The van der Waals surface area contributed by atoms with Gasteiger partial charge in [0.15, 0.2) is 0 Å². The van der Waals surface area contributed by atoms with Gasteiger partial charge in [-0.15, -0.1) is 0 Å². The summed E-state index contributed by atoms with van der Waals surface area (Å²) in [6.07, 6.45) is 0.824. The minimum Gasteiger partial charge on any atom is -0.860 e. The van der Waals surface area contributed by atoms with E-state index in [1.54, 1.807) is 0 Å². The van der Waals surface area contributed by atoms with E-state index in [-0.39, 0.29) is 59.1 Å². The Balaban J connectivity index is -0.000000125. The van der Waals surface area contributed by atoms with Crippen molar-refractivity contribution in [3.63, 3.8) is 0 Å². The molecule has 0 aromatic rings. The smallest absolute Gasteiger partial charge is 0.860 e. The van der Waals surface area contributed by atoms with Crippen molar-refractivity contribution in [3.05, 3.63) is 12.8 Å². The monoisotopic (exact) mass is 132 g/mol. The molecule has 0 heterocycles. The second kappa shape index (κ2) is 11.3. The minimum absolute atomic E-state index is 0. The molecule has 0 unspecified atom stereocenters. The van der Waals surface area contributed by atoms with Crippen LogP contribution in [-0.4, -0.2) is 7.32 Å². The molecule has 0 N–H and O–H groups in total. The van der Waals surface area contributed by atoms with Crippen LogP contribution in [0.15, 0.2) is 12.8 Å². The maximum atomic E-state index is 9.28. The van der Waals surface area contributed by atoms with Gasteiger partial charge in [-0.3, -0.25) is 0 Å². The Morgan fingerprint density at radius 3 is 1.75 bits per heavy atom. The van der Waals surface area contributed by atoms with Gasteiger partial charge in [-0.05, 0) is 0 Å². The summed E-state index contributed by atoms with van der Waals surface area (Å²) in [5, 5.41) is 18.6. The molecule has 0 bridgehead atoms. The molecule has 34 valence electrons. The molecule has 0 atom stereocenters. The average Bonchev–Trinajstić information content (AvgIpc) is 1.35. The molecular weight excluding hydrogens is 129 g/mol. The van der Waals surface area contributed by atoms with Crippen LogP contribution >= 0.6 is 0 Å². The summed E-state index contributed by atoms with van der Waals surface area (Å²) in [7, 11) is -2.22. The molecule has 3 nitrogen and oxygen atoms in total. The van der Waals surface area contributed by atoms with E-state index in [9.17, 15) is 10.0 Å². The van der Waals surface area contributed by atoms with Crippen molar-refractivity contribution in [2.45, 2.75) is 0 Å². The van der Waals surface area contributed by atoms with Gasteiger partial charge in [0.05, 0.1) is 0 Å². The quantitative estimate of drug-likeness (QED) is 0.277. The van der Waals surface area contributed by atoms with Gasteiger partial charge in [0.25, 0.3) is 0 Å². The third-order valence-electron chi connectivity index (χ3n) is 0.207. The van der Waals surface area contributed by atoms with Crippen molar-refractivity contribution in [2.75, 3.05) is 0 Å². The second-order valence-corrected chi connectivity index (χ2v) is 0.591. The van der Waals surface area contributed by atoms with Gasteiger partial charge in [-0.2, -0.15) is 0 Å². The summed E-state index contributed by atoms with van der Waals surface area (Å²) in [6.45, 7) is 2.98. The van der Waals surface area contributed by atoms with Gasteiger partial charge < -0.3 is 14.7 Å². The fourth-order valence-electron chi connectivity index (χ4n) is 0.0786. The Kier molecular flexibility index (Phi) is 23.0. The zero-order valence-corrected chi connectivity index (χ0v) is 9.09. The number of hydrogen-bond acceptors (Lipinski definition) is 3. The van der Waals surface area contributed by atoms with Crippen molar-refractivity contribution in [2.24, 2.45) is 0 Å². The van der Waals surface area contributed by atoms with Crippen molar-refractivity contribution in [1.29, 1.82) is 0 Å². The van der Waals surface area contributed by atoms with E-state index in [2.05, 4.69) is 11.2 Å². The van der Waals surface area contributed by atoms with Crippen molar-refractivity contribution < 1.29 is 73.8 Å². The molecule has 0 aliphatic carbocycles. The Hall–Kier alpha value is 1.52. The molecule has 0 radical (unpaired) electrons. The molecule has 0 aromatic heterocycles. The van der Waals surface area contributed by atoms with Crippen LogP contribution in [0.3, 0.4) is 0 Å². The molecular formula is C2H3BNa2O3. The summed E-state index contributed by atoms with van der Waals surface area (Å²) in [6, 6.07) is 0. The van der Waals surface area contributed by atoms with Crippen molar-refractivity contribution in [3.8, 4) is 0 Å². The van der Waals surface area contributed by atoms with Crippen LogP contribution in [0.5, 0.6) is 0 Å². The molecule has 0 saturated carbocycles. The van der Waals surface area contributed by atoms with Crippen LogP contribution in [0.4, 0.5) is 0 Å². The standard InChI is InChI=1S/C2H3BO3.2Na/c1-2-6-3(4)5;;/h2H,1H2;;/q-2;2*+1. The summed E-state index contributed by atoms with van der Waals surface area (Å²) >= 11 is 0. The zero-order chi connectivity index (χ0) is 4.99. The third-order valence-corrected chi connectivity index (χ3v) is 0.207. The number of hydrogen-bond donors (Lipinski definition) is 0. The second-order valence-electron chi connectivity index (χ2n) is 0.591. The molecule has 0 fully saturated rings. The van der Waals surface area contributed by atoms with E-state index in [1.807, 2.05) is 0 Å². The fourth-order valence-corrected chi connectivity index (χ4v) is 0.0786. The van der Waals surface area contributed by atoms with Crippen LogP contribution in [0.2, 0.25) is 0 Å². The maximum absolute atomic E-state index is 9.28. The van der Waals surface area contributed by atoms with Crippen LogP contribution in [-0.2, 0) is 4.65 Å². The summed E-state index contributed by atoms with van der Waals surface area (Å²) in [4.78, 5) is 0. The van der Waals surface area contributed by atoms with Gasteiger partial charge in [-0.1, -0.05) is 6.58 Å². The Morgan fingerprint density at radius 2 is 1.75 bits per heavy atom. The molecule has 6 heteroatoms. The Bertz CT molecular complexity index is 50.5. The molecule has 0 rings (SSSR count). The van der Waals surface area contributed by atoms with Crippen LogP contribution in [0.25, 0.3) is 0 Å². The molecule has 0 aromatic carbocycles. The van der Waals surface area contributed by atoms with E-state index in [4.69, 9.17) is 0 Å². The van der Waals surface area contributed by atoms with E-state index in [0.717, 1.165) is 6.26 Å². The number of rotatable bonds is 2. The fraction of sp³-hybridized carbons (Fsp3) is 0. The predicted molar refractivity (Wildman–Crippen MR) is 17.0 cm³/mol. The Labute approximate surface area is 92.9 Å². The Morgan fingerprint density at radius 1 is 1.38 bits per heavy atom. The van der Waals surface area contributed by atoms with Gasteiger partial charge in [0.1, 0.15) is 7.32 Å². The maximum Gasteiger partial charge on any atom is 1.00 e. The van der Waals surface area contributed by atoms with Crippen LogP contribution in [0.1, 0.15) is 0 Å². The first-order valence-corrected chi connectivity index (χ1v) is 1.35. The molecule has 0 aliphatic heterocycles. The summed E-state index contributed by atoms with van der Waals surface area (Å²) in [5.41, 5.74) is 0. The zero-order valence-electron chi connectivity index (χ0n) is 5.09. The topological polar surface area (TPSA) is 55.3 Å². The molecule has 0 saturated heterocycles. The minimum atomic E-state index is -2.22. The van der Waals surface area contributed by atoms with E-state index in [0.29, 0.717) is 0 Å². The van der Waals surface area contributed by atoms with Gasteiger partial charge in [0.2, 0.25) is 0 Å². The predicted octanol–water partition coefficient (Wildman–Crippen LogP) is -8.14. The summed E-state index contributed by atoms with van der Waals surface area (Å²) < 4.78 is 3.69. The first-order chi connectivity index (χ1) is 2.77. The van der Waals surface area contributed by atoms with Gasteiger partial charge in [-0.25, -0.2) is 0 Å². The first kappa shape index (κ1) is 16.3. The SMILES string of the molecule is C=COB([O-])[O-].[Na+].[Na+]. The van der Waals surface area contributed by atoms with Gasteiger partial charge in [0, 0.05) is 6.26 Å². The first-order valence-electron chi connectivity index (χ1n) is 1.35. The molecule has 8 heavy (non-hydrogen) atoms.